The molecular formula is C4H10BNa3O7S. The van der Waals surface area contributed by atoms with Gasteiger partial charge in [-0.2, -0.15) is 0 Å². The van der Waals surface area contributed by atoms with E-state index in [0.717, 1.165) is 0 Å². The number of sulfone groups is 1. The third-order valence-electron chi connectivity index (χ3n) is 0.805. The molecule has 0 amide bonds. The van der Waals surface area contributed by atoms with Crippen LogP contribution in [0.3, 0.4) is 0 Å². The maximum Gasteiger partial charge on any atom is 1.00 e. The summed E-state index contributed by atoms with van der Waals surface area (Å²) in [6, 6.07) is 0. The zero-order valence-electron chi connectivity index (χ0n) is 9.75. The zero-order valence-corrected chi connectivity index (χ0v) is 16.6. The summed E-state index contributed by atoms with van der Waals surface area (Å²) in [5, 5.41) is 41.6. The molecule has 7 nitrogen and oxygen atoms in total. The van der Waals surface area contributed by atoms with Gasteiger partial charge in [-0.25, -0.2) is 8.42 Å². The maximum atomic E-state index is 10.5. The van der Waals surface area contributed by atoms with Gasteiger partial charge in [0.25, 0.3) is 0 Å². The molecule has 0 aliphatic heterocycles. The van der Waals surface area contributed by atoms with E-state index in [1.54, 1.807) is 0 Å². The Morgan fingerprint density at radius 1 is 0.875 bits per heavy atom. The van der Waals surface area contributed by atoms with Gasteiger partial charge in [0.05, 0.1) is 24.7 Å². The molecule has 0 rings (SSSR count). The molecule has 0 aliphatic carbocycles. The van der Waals surface area contributed by atoms with Crippen molar-refractivity contribution >= 4 is 17.2 Å². The van der Waals surface area contributed by atoms with Gasteiger partial charge in [-0.3, -0.25) is 7.32 Å². The topological polar surface area (TPSA) is 144 Å². The quantitative estimate of drug-likeness (QED) is 0.487. The van der Waals surface area contributed by atoms with Gasteiger partial charge in [-0.1, -0.05) is 0 Å². The van der Waals surface area contributed by atoms with Crippen molar-refractivity contribution in [2.45, 2.75) is 0 Å². The van der Waals surface area contributed by atoms with Crippen LogP contribution in [0.5, 0.6) is 0 Å². The van der Waals surface area contributed by atoms with Crippen molar-refractivity contribution in [1.82, 2.24) is 0 Å². The van der Waals surface area contributed by atoms with Crippen molar-refractivity contribution in [2.24, 2.45) is 0 Å². The van der Waals surface area contributed by atoms with Gasteiger partial charge in [-0.15, -0.1) is 0 Å². The molecule has 2 N–H and O–H groups in total. The minimum Gasteiger partial charge on any atom is -0.907 e. The van der Waals surface area contributed by atoms with E-state index in [9.17, 15) is 8.42 Å². The van der Waals surface area contributed by atoms with Gasteiger partial charge in [0.1, 0.15) is 0 Å². The fraction of sp³-hybridized carbons (Fsp3) is 1.00. The van der Waals surface area contributed by atoms with E-state index in [0.29, 0.717) is 0 Å². The summed E-state index contributed by atoms with van der Waals surface area (Å²) in [6.45, 7) is -0.745. The molecule has 0 aromatic carbocycles. The molecule has 0 saturated carbocycles. The van der Waals surface area contributed by atoms with Crippen LogP contribution in [-0.2, 0) is 9.84 Å². The van der Waals surface area contributed by atoms with Crippen LogP contribution in [0.15, 0.2) is 0 Å². The Kier molecular flexibility index (Phi) is 39.4. The summed E-state index contributed by atoms with van der Waals surface area (Å²) in [7, 11) is -6.10. The Hall–Kier alpha value is 2.81. The molecule has 0 radical (unpaired) electrons. The van der Waals surface area contributed by atoms with Crippen molar-refractivity contribution in [1.29, 1.82) is 0 Å². The smallest absolute Gasteiger partial charge is 0.907 e. The van der Waals surface area contributed by atoms with Crippen LogP contribution < -0.4 is 104 Å². The maximum absolute atomic E-state index is 10.5. The van der Waals surface area contributed by atoms with E-state index < -0.39 is 17.2 Å². The van der Waals surface area contributed by atoms with Crippen LogP contribution in [0.4, 0.5) is 0 Å². The van der Waals surface area contributed by atoms with Crippen molar-refractivity contribution in [3.8, 4) is 0 Å². The molecule has 0 aliphatic rings. The summed E-state index contributed by atoms with van der Waals surface area (Å²) in [6.07, 6.45) is 0. The third kappa shape index (κ3) is 36.0. The van der Waals surface area contributed by atoms with Crippen molar-refractivity contribution in [3.63, 3.8) is 0 Å². The molecule has 80 valence electrons. The Bertz CT molecular complexity index is 185. The summed E-state index contributed by atoms with van der Waals surface area (Å²) < 4.78 is 21.0. The number of aliphatic hydroxyl groups is 2. The Morgan fingerprint density at radius 3 is 1.19 bits per heavy atom. The number of rotatable bonds is 4. The van der Waals surface area contributed by atoms with Crippen LogP contribution in [0.2, 0.25) is 0 Å². The predicted octanol–water partition coefficient (Wildman–Crippen LogP) is -14.6. The van der Waals surface area contributed by atoms with Gasteiger partial charge in [0.15, 0.2) is 9.84 Å². The number of hydrogen-bond donors (Lipinski definition) is 2. The molecule has 0 heterocycles. The second-order valence-electron chi connectivity index (χ2n) is 1.89. The van der Waals surface area contributed by atoms with Crippen LogP contribution in [0, 0.1) is 0 Å². The average Bonchev–Trinajstić information content (AvgIpc) is 1.84. The van der Waals surface area contributed by atoms with E-state index >= 15 is 0 Å². The van der Waals surface area contributed by atoms with Gasteiger partial charge in [-0.05, 0) is 0 Å². The summed E-state index contributed by atoms with van der Waals surface area (Å²) in [5.74, 6) is -0.513. The molecule has 0 atom stereocenters. The SMILES string of the molecule is O=S(=O)(CCO)CCO.[Na+].[Na+].[Na+].[O-]B([O-])[O-]. The number of hydrogen-bond acceptors (Lipinski definition) is 7. The normalized spacial score (nSPS) is 8.31. The van der Waals surface area contributed by atoms with E-state index in [1.165, 1.54) is 0 Å². The van der Waals surface area contributed by atoms with Crippen molar-refractivity contribution in [2.75, 3.05) is 24.7 Å². The first kappa shape index (κ1) is 31.3. The van der Waals surface area contributed by atoms with E-state index in [1.807, 2.05) is 0 Å². The molecule has 0 bridgehead atoms. The first-order valence-corrected chi connectivity index (χ1v) is 5.07. The first-order valence-electron chi connectivity index (χ1n) is 3.25. The van der Waals surface area contributed by atoms with E-state index in [-0.39, 0.29) is 113 Å². The second-order valence-corrected chi connectivity index (χ2v) is 4.19. The molecule has 16 heavy (non-hydrogen) atoms. The molecule has 0 unspecified atom stereocenters. The van der Waals surface area contributed by atoms with Crippen LogP contribution in [0.1, 0.15) is 0 Å². The fourth-order valence-corrected chi connectivity index (χ4v) is 1.14. The molecule has 0 saturated heterocycles. The molecule has 0 aromatic rings. The van der Waals surface area contributed by atoms with Gasteiger partial charge < -0.3 is 25.3 Å². The van der Waals surface area contributed by atoms with Crippen molar-refractivity contribution < 1.29 is 122 Å². The number of aliphatic hydroxyl groups excluding tert-OH is 2. The predicted molar refractivity (Wildman–Crippen MR) is 38.6 cm³/mol. The molecule has 0 spiro atoms. The molecule has 12 heteroatoms. The fourth-order valence-electron chi connectivity index (χ4n) is 0.380. The monoisotopic (exact) mass is 282 g/mol. The Labute approximate surface area is 162 Å². The Balaban J connectivity index is -0.0000000511. The third-order valence-corrected chi connectivity index (χ3v) is 2.41. The van der Waals surface area contributed by atoms with E-state index in [2.05, 4.69) is 0 Å². The summed E-state index contributed by atoms with van der Waals surface area (Å²) in [5.41, 5.74) is 0. The summed E-state index contributed by atoms with van der Waals surface area (Å²) >= 11 is 0. The first-order chi connectivity index (χ1) is 5.85. The molecule has 0 aromatic heterocycles. The largest absolute Gasteiger partial charge is 1.00 e. The second kappa shape index (κ2) is 20.1. The van der Waals surface area contributed by atoms with Gasteiger partial charge >= 0.3 is 88.7 Å². The molecular weight excluding hydrogens is 272 g/mol. The minimum atomic E-state index is -3.18. The van der Waals surface area contributed by atoms with Crippen LogP contribution in [-0.4, -0.2) is 50.7 Å². The Morgan fingerprint density at radius 2 is 1.06 bits per heavy atom. The molecule has 0 fully saturated rings. The van der Waals surface area contributed by atoms with E-state index in [4.69, 9.17) is 25.3 Å². The average molecular weight is 282 g/mol. The van der Waals surface area contributed by atoms with Crippen LogP contribution in [0.25, 0.3) is 0 Å². The standard InChI is InChI=1S/C4H10O4S.BO3.3Na/c5-1-3-9(7,8)4-2-6;2-1(3)4;;;/h5-6H,1-4H2;;;;/q;-3;3*+1. The van der Waals surface area contributed by atoms with Gasteiger partial charge in [0, 0.05) is 0 Å². The van der Waals surface area contributed by atoms with Crippen molar-refractivity contribution in [3.05, 3.63) is 0 Å². The summed E-state index contributed by atoms with van der Waals surface area (Å²) in [4.78, 5) is 0. The van der Waals surface area contributed by atoms with Gasteiger partial charge in [0.2, 0.25) is 0 Å². The minimum absolute atomic E-state index is 0. The zero-order chi connectivity index (χ0) is 10.9. The van der Waals surface area contributed by atoms with Crippen LogP contribution >= 0.6 is 0 Å².